The molecule has 0 aliphatic carbocycles. The van der Waals surface area contributed by atoms with Crippen LogP contribution >= 0.6 is 11.3 Å². The molecule has 0 radical (unpaired) electrons. The molecule has 0 atom stereocenters. The van der Waals surface area contributed by atoms with E-state index in [1.165, 1.54) is 11.1 Å². The van der Waals surface area contributed by atoms with Gasteiger partial charge in [0.15, 0.2) is 0 Å². The van der Waals surface area contributed by atoms with Gasteiger partial charge >= 0.3 is 0 Å². The zero-order chi connectivity index (χ0) is 16.4. The Labute approximate surface area is 145 Å². The molecule has 3 aromatic rings. The van der Waals surface area contributed by atoms with Gasteiger partial charge in [0.05, 0.1) is 18.0 Å². The fourth-order valence-corrected chi connectivity index (χ4v) is 3.48. The SMILES string of the molecule is CC1=NN(c2nc(-c3ccccc3)cs2)CC1=Cc1ccccc1. The standard InChI is InChI=1S/C20H17N3S/c1-15-18(12-16-8-4-2-5-9-16)13-23(22-15)20-21-19(14-24-20)17-10-6-3-7-11-17/h2-12,14H,13H2,1H3. The van der Waals surface area contributed by atoms with Crippen molar-refractivity contribution < 1.29 is 0 Å². The largest absolute Gasteiger partial charge is 0.234 e. The number of benzene rings is 2. The van der Waals surface area contributed by atoms with E-state index < -0.39 is 0 Å². The van der Waals surface area contributed by atoms with Gasteiger partial charge in [-0.3, -0.25) is 0 Å². The number of aromatic nitrogens is 1. The third-order valence-corrected chi connectivity index (χ3v) is 4.83. The Morgan fingerprint density at radius 1 is 1.00 bits per heavy atom. The predicted molar refractivity (Wildman–Crippen MR) is 102 cm³/mol. The topological polar surface area (TPSA) is 28.5 Å². The number of hydrogen-bond donors (Lipinski definition) is 0. The summed E-state index contributed by atoms with van der Waals surface area (Å²) in [5, 5.41) is 9.69. The Morgan fingerprint density at radius 3 is 2.46 bits per heavy atom. The number of thiazole rings is 1. The average molecular weight is 331 g/mol. The van der Waals surface area contributed by atoms with E-state index in [0.29, 0.717) is 0 Å². The lowest BCUT2D eigenvalue weighted by molar-refractivity contribution is 0.962. The fourth-order valence-electron chi connectivity index (χ4n) is 2.69. The molecule has 0 bridgehead atoms. The number of anilines is 1. The van der Waals surface area contributed by atoms with Crippen molar-refractivity contribution in [2.45, 2.75) is 6.92 Å². The van der Waals surface area contributed by atoms with E-state index in [-0.39, 0.29) is 0 Å². The second-order valence-electron chi connectivity index (χ2n) is 5.70. The molecule has 1 aliphatic heterocycles. The van der Waals surface area contributed by atoms with Gasteiger partial charge in [0, 0.05) is 10.9 Å². The molecule has 4 rings (SSSR count). The van der Waals surface area contributed by atoms with Gasteiger partial charge in [-0.05, 0) is 24.1 Å². The monoisotopic (exact) mass is 331 g/mol. The van der Waals surface area contributed by atoms with Crippen molar-refractivity contribution in [3.05, 3.63) is 77.2 Å². The molecule has 4 heteroatoms. The summed E-state index contributed by atoms with van der Waals surface area (Å²) in [7, 11) is 0. The number of nitrogens with zero attached hydrogens (tertiary/aromatic N) is 3. The minimum absolute atomic E-state index is 0.766. The van der Waals surface area contributed by atoms with Crippen molar-refractivity contribution in [2.75, 3.05) is 11.6 Å². The van der Waals surface area contributed by atoms with Crippen molar-refractivity contribution in [1.82, 2.24) is 4.98 Å². The quantitative estimate of drug-likeness (QED) is 0.669. The molecule has 0 fully saturated rings. The van der Waals surface area contributed by atoms with Crippen molar-refractivity contribution in [2.24, 2.45) is 5.10 Å². The molecule has 0 spiro atoms. The summed E-state index contributed by atoms with van der Waals surface area (Å²) in [6, 6.07) is 20.6. The van der Waals surface area contributed by atoms with Crippen LogP contribution in [0.4, 0.5) is 5.13 Å². The van der Waals surface area contributed by atoms with Gasteiger partial charge in [0.2, 0.25) is 5.13 Å². The normalized spacial score (nSPS) is 15.8. The highest BCUT2D eigenvalue weighted by Gasteiger charge is 2.21. The molecule has 0 saturated heterocycles. The molecule has 0 amide bonds. The van der Waals surface area contributed by atoms with Crippen molar-refractivity contribution in [3.8, 4) is 11.3 Å². The zero-order valence-corrected chi connectivity index (χ0v) is 14.2. The third kappa shape index (κ3) is 3.01. The van der Waals surface area contributed by atoms with E-state index in [2.05, 4.69) is 59.9 Å². The van der Waals surface area contributed by atoms with Crippen LogP contribution in [0.15, 0.2) is 76.7 Å². The minimum Gasteiger partial charge on any atom is -0.234 e. The second kappa shape index (κ2) is 6.42. The zero-order valence-electron chi connectivity index (χ0n) is 13.4. The maximum absolute atomic E-state index is 4.75. The Bertz CT molecular complexity index is 895. The smallest absolute Gasteiger partial charge is 0.206 e. The molecule has 0 unspecified atom stereocenters. The maximum Gasteiger partial charge on any atom is 0.206 e. The molecule has 2 aromatic carbocycles. The lowest BCUT2D eigenvalue weighted by atomic mass is 10.1. The van der Waals surface area contributed by atoms with Crippen molar-refractivity contribution in [1.29, 1.82) is 0 Å². The van der Waals surface area contributed by atoms with Crippen molar-refractivity contribution in [3.63, 3.8) is 0 Å². The Hall–Kier alpha value is -2.72. The van der Waals surface area contributed by atoms with Gasteiger partial charge in [0.25, 0.3) is 0 Å². The maximum atomic E-state index is 4.75. The summed E-state index contributed by atoms with van der Waals surface area (Å²) in [6.45, 7) is 2.82. The van der Waals surface area contributed by atoms with Crippen LogP contribution in [0.5, 0.6) is 0 Å². The number of hydrazone groups is 1. The molecular formula is C20H17N3S. The average Bonchev–Trinajstić information content (AvgIpc) is 3.24. The van der Waals surface area contributed by atoms with Gasteiger partial charge in [-0.25, -0.2) is 9.99 Å². The first-order valence-electron chi connectivity index (χ1n) is 7.89. The number of rotatable bonds is 3. The van der Waals surface area contributed by atoms with Crippen LogP contribution in [0.1, 0.15) is 12.5 Å². The highest BCUT2D eigenvalue weighted by molar-refractivity contribution is 7.14. The predicted octanol–water partition coefficient (Wildman–Crippen LogP) is 5.09. The van der Waals surface area contributed by atoms with E-state index in [4.69, 9.17) is 4.98 Å². The Morgan fingerprint density at radius 2 is 1.71 bits per heavy atom. The molecule has 3 nitrogen and oxygen atoms in total. The first-order valence-corrected chi connectivity index (χ1v) is 8.77. The summed E-state index contributed by atoms with van der Waals surface area (Å²) in [4.78, 5) is 4.75. The van der Waals surface area contributed by atoms with Crippen LogP contribution in [0.3, 0.4) is 0 Å². The molecule has 0 saturated carbocycles. The van der Waals surface area contributed by atoms with E-state index in [1.807, 2.05) is 29.3 Å². The van der Waals surface area contributed by atoms with Crippen molar-refractivity contribution >= 4 is 28.3 Å². The van der Waals surface area contributed by atoms with E-state index in [9.17, 15) is 0 Å². The van der Waals surface area contributed by atoms with Crippen LogP contribution in [-0.2, 0) is 0 Å². The summed E-state index contributed by atoms with van der Waals surface area (Å²) in [5.74, 6) is 0. The Balaban J connectivity index is 1.57. The minimum atomic E-state index is 0.766. The van der Waals surface area contributed by atoms with Crippen LogP contribution in [-0.4, -0.2) is 17.2 Å². The van der Waals surface area contributed by atoms with E-state index >= 15 is 0 Å². The van der Waals surface area contributed by atoms with E-state index in [1.54, 1.807) is 11.3 Å². The lowest BCUT2D eigenvalue weighted by Crippen LogP contribution is -2.12. The third-order valence-electron chi connectivity index (χ3n) is 3.98. The highest BCUT2D eigenvalue weighted by atomic mass is 32.1. The molecule has 1 aromatic heterocycles. The molecule has 1 aliphatic rings. The second-order valence-corrected chi connectivity index (χ2v) is 6.54. The summed E-state index contributed by atoms with van der Waals surface area (Å²) in [6.07, 6.45) is 2.20. The highest BCUT2D eigenvalue weighted by Crippen LogP contribution is 2.30. The van der Waals surface area contributed by atoms with Gasteiger partial charge in [-0.2, -0.15) is 5.10 Å². The summed E-state index contributed by atoms with van der Waals surface area (Å²) in [5.41, 5.74) is 5.63. The van der Waals surface area contributed by atoms with Crippen LogP contribution in [0, 0.1) is 0 Å². The fraction of sp³-hybridized carbons (Fsp3) is 0.100. The Kier molecular flexibility index (Phi) is 3.97. The molecule has 118 valence electrons. The molecule has 0 N–H and O–H groups in total. The summed E-state index contributed by atoms with van der Waals surface area (Å²) < 4.78 is 0. The van der Waals surface area contributed by atoms with Crippen LogP contribution in [0.2, 0.25) is 0 Å². The summed E-state index contributed by atoms with van der Waals surface area (Å²) >= 11 is 1.63. The van der Waals surface area contributed by atoms with E-state index in [0.717, 1.165) is 28.6 Å². The van der Waals surface area contributed by atoms with Gasteiger partial charge in [-0.1, -0.05) is 60.7 Å². The van der Waals surface area contributed by atoms with Gasteiger partial charge in [0.1, 0.15) is 0 Å². The molecule has 2 heterocycles. The molecular weight excluding hydrogens is 314 g/mol. The van der Waals surface area contributed by atoms with Gasteiger partial charge in [-0.15, -0.1) is 11.3 Å². The first-order chi connectivity index (χ1) is 11.8. The van der Waals surface area contributed by atoms with Gasteiger partial charge < -0.3 is 0 Å². The lowest BCUT2D eigenvalue weighted by Gasteiger charge is -2.08. The number of hydrogen-bond acceptors (Lipinski definition) is 4. The first kappa shape index (κ1) is 14.8. The molecule has 24 heavy (non-hydrogen) atoms. The van der Waals surface area contributed by atoms with Crippen LogP contribution < -0.4 is 5.01 Å². The van der Waals surface area contributed by atoms with Crippen LogP contribution in [0.25, 0.3) is 17.3 Å².